The number of benzene rings is 2. The molecule has 2 aromatic carbocycles. The molecule has 3 aliphatic rings. The highest BCUT2D eigenvalue weighted by molar-refractivity contribution is 6.11. The van der Waals surface area contributed by atoms with E-state index in [1.165, 1.54) is 13.8 Å². The molecule has 37 heavy (non-hydrogen) atoms. The van der Waals surface area contributed by atoms with E-state index in [2.05, 4.69) is 0 Å². The van der Waals surface area contributed by atoms with Crippen LogP contribution in [0, 0.1) is 12.8 Å². The van der Waals surface area contributed by atoms with Gasteiger partial charge in [0, 0.05) is 10.9 Å². The summed E-state index contributed by atoms with van der Waals surface area (Å²) in [5, 5.41) is 75.6. The first-order valence-corrected chi connectivity index (χ1v) is 12.2. The van der Waals surface area contributed by atoms with E-state index in [-0.39, 0.29) is 45.6 Å². The Hall–Kier alpha value is -2.96. The van der Waals surface area contributed by atoms with E-state index in [1.54, 1.807) is 0 Å². The Morgan fingerprint density at radius 3 is 2.41 bits per heavy atom. The second kappa shape index (κ2) is 8.53. The average molecular weight is 519 g/mol. The largest absolute Gasteiger partial charge is 0.507 e. The molecule has 1 saturated heterocycles. The summed E-state index contributed by atoms with van der Waals surface area (Å²) in [5.41, 5.74) is -3.91. The van der Waals surface area contributed by atoms with Crippen molar-refractivity contribution in [3.05, 3.63) is 28.8 Å². The molecule has 0 radical (unpaired) electrons. The number of Topliss-reactive ketones (excluding diaryl/α,β-unsaturated/α-hetero) is 1. The molecule has 11 heteroatoms. The van der Waals surface area contributed by atoms with Gasteiger partial charge in [0.15, 0.2) is 5.78 Å². The Labute approximate surface area is 211 Å². The maximum atomic E-state index is 12.2. The first-order chi connectivity index (χ1) is 17.3. The van der Waals surface area contributed by atoms with Crippen molar-refractivity contribution in [1.29, 1.82) is 0 Å². The van der Waals surface area contributed by atoms with Gasteiger partial charge in [0.05, 0.1) is 22.1 Å². The van der Waals surface area contributed by atoms with Crippen molar-refractivity contribution >= 4 is 22.5 Å². The summed E-state index contributed by atoms with van der Waals surface area (Å²) >= 11 is 0. The normalized spacial score (nSPS) is 35.1. The summed E-state index contributed by atoms with van der Waals surface area (Å²) in [6, 6.07) is 2.13. The maximum Gasteiger partial charge on any atom is 0.335 e. The summed E-state index contributed by atoms with van der Waals surface area (Å²) in [7, 11) is 0. The number of carboxylic acids is 1. The molecule has 2 aliphatic carbocycles. The standard InChI is InChI=1S/C26H30O11/c1-10-16(11(2)27)19(29)17-14(18(10)28)8-12(22(32)33)9-15(17)36-23-20(30)21(31)26(35)7-5-13-4-3-6-25(13,34)24(26)37-23/h8-9,13,20-21,23-24,28-31,34-35H,3-7H2,1-2H3,(H,32,33)/t13-,20-,21-,23+,24-,25-,26-/m1/s1. The minimum Gasteiger partial charge on any atom is -0.507 e. The van der Waals surface area contributed by atoms with E-state index in [0.29, 0.717) is 25.7 Å². The SMILES string of the molecule is CC(=O)c1c(C)c(O)c2cc(C(=O)O)cc(O[C@H]3O[C@@H]4[C@@]5(O)CCC[C@@H]5CC[C@@]4(O)[C@H](O)[C@H]3O)c2c1O. The first-order valence-electron chi connectivity index (χ1n) is 12.2. The molecular formula is C26H30O11. The Morgan fingerprint density at radius 2 is 1.76 bits per heavy atom. The molecule has 3 fully saturated rings. The molecule has 2 saturated carbocycles. The van der Waals surface area contributed by atoms with Crippen molar-refractivity contribution in [3.63, 3.8) is 0 Å². The van der Waals surface area contributed by atoms with Crippen LogP contribution in [0.15, 0.2) is 12.1 Å². The topological polar surface area (TPSA) is 194 Å². The van der Waals surface area contributed by atoms with Crippen LogP contribution < -0.4 is 4.74 Å². The van der Waals surface area contributed by atoms with Gasteiger partial charge in [0.2, 0.25) is 6.29 Å². The van der Waals surface area contributed by atoms with Crippen LogP contribution in [0.5, 0.6) is 17.2 Å². The van der Waals surface area contributed by atoms with Gasteiger partial charge in [-0.25, -0.2) is 4.79 Å². The first kappa shape index (κ1) is 25.7. The molecule has 2 aromatic rings. The number of aliphatic hydroxyl groups is 4. The van der Waals surface area contributed by atoms with Gasteiger partial charge in [-0.2, -0.15) is 0 Å². The number of carboxylic acid groups (broad SMARTS) is 1. The fourth-order valence-corrected chi connectivity index (χ4v) is 6.53. The average Bonchev–Trinajstić information content (AvgIpc) is 3.23. The van der Waals surface area contributed by atoms with Crippen LogP contribution in [0.2, 0.25) is 0 Å². The Morgan fingerprint density at radius 1 is 1.05 bits per heavy atom. The van der Waals surface area contributed by atoms with E-state index in [0.717, 1.165) is 12.1 Å². The fourth-order valence-electron chi connectivity index (χ4n) is 6.53. The summed E-state index contributed by atoms with van der Waals surface area (Å²) in [6.07, 6.45) is -4.36. The Bertz CT molecular complexity index is 1310. The van der Waals surface area contributed by atoms with Gasteiger partial charge in [-0.1, -0.05) is 6.42 Å². The second-order valence-electron chi connectivity index (χ2n) is 10.5. The van der Waals surface area contributed by atoms with E-state index in [1.807, 2.05) is 0 Å². The van der Waals surface area contributed by atoms with Gasteiger partial charge in [-0.05, 0) is 57.6 Å². The molecule has 0 spiro atoms. The number of rotatable bonds is 4. The fraction of sp³-hybridized carbons (Fsp3) is 0.538. The van der Waals surface area contributed by atoms with E-state index in [9.17, 15) is 45.3 Å². The van der Waals surface area contributed by atoms with Gasteiger partial charge >= 0.3 is 5.97 Å². The highest BCUT2D eigenvalue weighted by Crippen LogP contribution is 2.54. The van der Waals surface area contributed by atoms with Crippen LogP contribution in [0.25, 0.3) is 10.8 Å². The number of phenols is 2. The van der Waals surface area contributed by atoms with Crippen molar-refractivity contribution < 1.29 is 54.8 Å². The molecule has 7 atom stereocenters. The number of fused-ring (bicyclic) bond motifs is 4. The van der Waals surface area contributed by atoms with Gasteiger partial charge in [-0.3, -0.25) is 4.79 Å². The predicted molar refractivity (Wildman–Crippen MR) is 127 cm³/mol. The van der Waals surface area contributed by atoms with Crippen molar-refractivity contribution in [2.75, 3.05) is 0 Å². The van der Waals surface area contributed by atoms with Gasteiger partial charge in [0.25, 0.3) is 0 Å². The molecule has 200 valence electrons. The zero-order valence-corrected chi connectivity index (χ0v) is 20.3. The molecule has 0 unspecified atom stereocenters. The van der Waals surface area contributed by atoms with Gasteiger partial charge in [-0.15, -0.1) is 0 Å². The highest BCUT2D eigenvalue weighted by atomic mass is 16.7. The molecular weight excluding hydrogens is 488 g/mol. The van der Waals surface area contributed by atoms with Crippen molar-refractivity contribution in [1.82, 2.24) is 0 Å². The molecule has 0 bridgehead atoms. The summed E-state index contributed by atoms with van der Waals surface area (Å²) in [4.78, 5) is 24.0. The third kappa shape index (κ3) is 3.60. The number of aromatic carboxylic acids is 1. The summed E-state index contributed by atoms with van der Waals surface area (Å²) < 4.78 is 11.8. The van der Waals surface area contributed by atoms with E-state index >= 15 is 0 Å². The Balaban J connectivity index is 1.64. The van der Waals surface area contributed by atoms with Crippen molar-refractivity contribution in [3.8, 4) is 17.2 Å². The predicted octanol–water partition coefficient (Wildman–Crippen LogP) is 1.34. The Kier molecular flexibility index (Phi) is 5.92. The van der Waals surface area contributed by atoms with Crippen LogP contribution >= 0.6 is 0 Å². The van der Waals surface area contributed by atoms with Crippen LogP contribution in [0.1, 0.15) is 65.3 Å². The minimum atomic E-state index is -1.95. The number of hydrogen-bond donors (Lipinski definition) is 7. The van der Waals surface area contributed by atoms with Crippen molar-refractivity contribution in [2.24, 2.45) is 5.92 Å². The number of carbonyl (C=O) groups is 2. The molecule has 5 rings (SSSR count). The number of carbonyl (C=O) groups excluding carboxylic acids is 1. The summed E-state index contributed by atoms with van der Waals surface area (Å²) in [6.45, 7) is 2.58. The number of hydrogen-bond acceptors (Lipinski definition) is 10. The monoisotopic (exact) mass is 518 g/mol. The number of ketones is 1. The van der Waals surface area contributed by atoms with Crippen LogP contribution in [0.3, 0.4) is 0 Å². The zero-order chi connectivity index (χ0) is 27.0. The van der Waals surface area contributed by atoms with Crippen molar-refractivity contribution in [2.45, 2.75) is 81.8 Å². The number of aromatic hydroxyl groups is 2. The summed E-state index contributed by atoms with van der Waals surface area (Å²) in [5.74, 6) is -3.49. The number of ether oxygens (including phenoxy) is 2. The van der Waals surface area contributed by atoms with E-state index in [4.69, 9.17) is 9.47 Å². The highest BCUT2D eigenvalue weighted by Gasteiger charge is 2.67. The molecule has 0 aromatic heterocycles. The molecule has 11 nitrogen and oxygen atoms in total. The molecule has 1 heterocycles. The third-order valence-electron chi connectivity index (χ3n) is 8.43. The lowest BCUT2D eigenvalue weighted by Gasteiger charge is -2.57. The molecule has 7 N–H and O–H groups in total. The minimum absolute atomic E-state index is 0.0390. The number of phenolic OH excluding ortho intramolecular Hbond substituents is 2. The lowest BCUT2D eigenvalue weighted by molar-refractivity contribution is -0.355. The molecule has 1 aliphatic heterocycles. The number of aliphatic hydroxyl groups excluding tert-OH is 2. The smallest absolute Gasteiger partial charge is 0.335 e. The van der Waals surface area contributed by atoms with Gasteiger partial charge < -0.3 is 45.2 Å². The second-order valence-corrected chi connectivity index (χ2v) is 10.5. The van der Waals surface area contributed by atoms with E-state index < -0.39 is 59.1 Å². The molecule has 0 amide bonds. The maximum absolute atomic E-state index is 12.2. The van der Waals surface area contributed by atoms with Crippen LogP contribution in [0.4, 0.5) is 0 Å². The lowest BCUT2D eigenvalue weighted by Crippen LogP contribution is -2.75. The lowest BCUT2D eigenvalue weighted by atomic mass is 9.64. The van der Waals surface area contributed by atoms with Crippen LogP contribution in [-0.4, -0.2) is 83.3 Å². The van der Waals surface area contributed by atoms with Gasteiger partial charge in [0.1, 0.15) is 41.2 Å². The third-order valence-corrected chi connectivity index (χ3v) is 8.43. The quantitative estimate of drug-likeness (QED) is 0.228. The van der Waals surface area contributed by atoms with Crippen LogP contribution in [-0.2, 0) is 4.74 Å². The zero-order valence-electron chi connectivity index (χ0n) is 20.3.